The van der Waals surface area contributed by atoms with E-state index in [9.17, 15) is 26.7 Å². The molecule has 0 aliphatic carbocycles. The maximum absolute atomic E-state index is 12.8. The van der Waals surface area contributed by atoms with Gasteiger partial charge in [0.15, 0.2) is 0 Å². The van der Waals surface area contributed by atoms with Gasteiger partial charge in [0.1, 0.15) is 5.82 Å². The van der Waals surface area contributed by atoms with Gasteiger partial charge in [-0.25, -0.2) is 9.78 Å². The van der Waals surface area contributed by atoms with Gasteiger partial charge in [-0.15, -0.1) is 0 Å². The number of carboxylic acid groups (broad SMARTS) is 1. The van der Waals surface area contributed by atoms with Crippen molar-refractivity contribution < 1.29 is 36.6 Å². The number of piperidine rings is 1. The molecular formula is C20H19F5N2O3. The molecule has 1 unspecified atom stereocenters. The van der Waals surface area contributed by atoms with E-state index in [4.69, 9.17) is 5.11 Å². The normalized spacial score (nSPS) is 19.9. The SMILES string of the molecule is O=C(O)c1ccc(N2CC(c3ccc(C(F)(F)F)cc3)CC[C@H]2COC(F)F)nc1. The van der Waals surface area contributed by atoms with Crippen molar-refractivity contribution in [1.82, 2.24) is 4.98 Å². The zero-order valence-electron chi connectivity index (χ0n) is 15.6. The van der Waals surface area contributed by atoms with E-state index >= 15 is 0 Å². The molecule has 2 aromatic rings. The number of ether oxygens (including phenoxy) is 1. The second-order valence-corrected chi connectivity index (χ2v) is 7.00. The molecule has 10 heteroatoms. The number of hydrogen-bond donors (Lipinski definition) is 1. The van der Waals surface area contributed by atoms with Crippen molar-refractivity contribution in [2.24, 2.45) is 0 Å². The summed E-state index contributed by atoms with van der Waals surface area (Å²) in [4.78, 5) is 16.9. The monoisotopic (exact) mass is 430 g/mol. The summed E-state index contributed by atoms with van der Waals surface area (Å²) in [6, 6.07) is 7.29. The van der Waals surface area contributed by atoms with Crippen LogP contribution in [0, 0.1) is 0 Å². The molecule has 0 spiro atoms. The number of benzene rings is 1. The highest BCUT2D eigenvalue weighted by Gasteiger charge is 2.33. The molecule has 2 atom stereocenters. The lowest BCUT2D eigenvalue weighted by molar-refractivity contribution is -0.137. The maximum atomic E-state index is 12.8. The Bertz CT molecular complexity index is 856. The summed E-state index contributed by atoms with van der Waals surface area (Å²) in [5.74, 6) is -0.900. The molecule has 1 N–H and O–H groups in total. The Morgan fingerprint density at radius 1 is 1.17 bits per heavy atom. The number of nitrogens with zero attached hydrogens (tertiary/aromatic N) is 2. The third-order valence-corrected chi connectivity index (χ3v) is 5.12. The number of anilines is 1. The summed E-state index contributed by atoms with van der Waals surface area (Å²) in [7, 11) is 0. The zero-order chi connectivity index (χ0) is 21.9. The van der Waals surface area contributed by atoms with Crippen LogP contribution in [0.5, 0.6) is 0 Å². The van der Waals surface area contributed by atoms with Gasteiger partial charge in [0.2, 0.25) is 0 Å². The highest BCUT2D eigenvalue weighted by molar-refractivity contribution is 5.87. The molecular weight excluding hydrogens is 411 g/mol. The van der Waals surface area contributed by atoms with Crippen LogP contribution in [0.25, 0.3) is 0 Å². The molecule has 1 saturated heterocycles. The van der Waals surface area contributed by atoms with Crippen LogP contribution >= 0.6 is 0 Å². The quantitative estimate of drug-likeness (QED) is 0.668. The molecule has 2 heterocycles. The molecule has 30 heavy (non-hydrogen) atoms. The van der Waals surface area contributed by atoms with Crippen molar-refractivity contribution in [1.29, 1.82) is 0 Å². The van der Waals surface area contributed by atoms with Gasteiger partial charge in [0.05, 0.1) is 23.8 Å². The number of carboxylic acids is 1. The van der Waals surface area contributed by atoms with E-state index in [0.29, 0.717) is 30.8 Å². The van der Waals surface area contributed by atoms with E-state index in [0.717, 1.165) is 12.1 Å². The second-order valence-electron chi connectivity index (χ2n) is 7.00. The van der Waals surface area contributed by atoms with Crippen LogP contribution in [0.3, 0.4) is 0 Å². The summed E-state index contributed by atoms with van der Waals surface area (Å²) in [6.45, 7) is -2.86. The average Bonchev–Trinajstić information content (AvgIpc) is 2.71. The predicted molar refractivity (Wildman–Crippen MR) is 97.7 cm³/mol. The van der Waals surface area contributed by atoms with Gasteiger partial charge in [0, 0.05) is 18.7 Å². The summed E-state index contributed by atoms with van der Waals surface area (Å²) in [5, 5.41) is 9.02. The smallest absolute Gasteiger partial charge is 0.416 e. The fraction of sp³-hybridized carbons (Fsp3) is 0.400. The first-order valence-corrected chi connectivity index (χ1v) is 9.18. The highest BCUT2D eigenvalue weighted by atomic mass is 19.4. The van der Waals surface area contributed by atoms with Crippen LogP contribution in [-0.4, -0.2) is 41.9 Å². The molecule has 5 nitrogen and oxygen atoms in total. The van der Waals surface area contributed by atoms with Gasteiger partial charge in [-0.2, -0.15) is 22.0 Å². The maximum Gasteiger partial charge on any atom is 0.416 e. The molecule has 1 aromatic carbocycles. The lowest BCUT2D eigenvalue weighted by Gasteiger charge is -2.40. The lowest BCUT2D eigenvalue weighted by Crippen LogP contribution is -2.46. The van der Waals surface area contributed by atoms with Crippen LogP contribution in [0.4, 0.5) is 27.8 Å². The molecule has 162 valence electrons. The van der Waals surface area contributed by atoms with Crippen LogP contribution in [0.1, 0.15) is 40.2 Å². The topological polar surface area (TPSA) is 62.7 Å². The molecule has 1 aliphatic heterocycles. The van der Waals surface area contributed by atoms with Crippen LogP contribution in [0.2, 0.25) is 0 Å². The Hall–Kier alpha value is -2.75. The molecule has 0 radical (unpaired) electrons. The Morgan fingerprint density at radius 3 is 2.40 bits per heavy atom. The summed E-state index contributed by atoms with van der Waals surface area (Å²) in [6.07, 6.45) is -2.22. The molecule has 0 bridgehead atoms. The van der Waals surface area contributed by atoms with Crippen molar-refractivity contribution in [3.8, 4) is 0 Å². The van der Waals surface area contributed by atoms with Gasteiger partial charge in [-0.05, 0) is 42.7 Å². The summed E-state index contributed by atoms with van der Waals surface area (Å²) < 4.78 is 67.9. The minimum Gasteiger partial charge on any atom is -0.478 e. The van der Waals surface area contributed by atoms with Gasteiger partial charge in [-0.3, -0.25) is 0 Å². The number of carbonyl (C=O) groups is 1. The van der Waals surface area contributed by atoms with Gasteiger partial charge < -0.3 is 14.7 Å². The fourth-order valence-electron chi connectivity index (χ4n) is 3.56. The number of hydrogen-bond acceptors (Lipinski definition) is 4. The lowest BCUT2D eigenvalue weighted by atomic mass is 9.87. The Morgan fingerprint density at radius 2 is 1.87 bits per heavy atom. The molecule has 3 rings (SSSR count). The van der Waals surface area contributed by atoms with Crippen LogP contribution < -0.4 is 4.90 Å². The first-order valence-electron chi connectivity index (χ1n) is 9.18. The first-order chi connectivity index (χ1) is 14.1. The van der Waals surface area contributed by atoms with E-state index in [1.807, 2.05) is 0 Å². The van der Waals surface area contributed by atoms with Crippen LogP contribution in [-0.2, 0) is 10.9 Å². The summed E-state index contributed by atoms with van der Waals surface area (Å²) >= 11 is 0. The molecule has 1 aliphatic rings. The van der Waals surface area contributed by atoms with Crippen LogP contribution in [0.15, 0.2) is 42.6 Å². The number of alkyl halides is 5. The van der Waals surface area contributed by atoms with E-state index < -0.39 is 30.4 Å². The Labute approximate surface area is 169 Å². The first kappa shape index (κ1) is 21.9. The van der Waals surface area contributed by atoms with Gasteiger partial charge in [0.25, 0.3) is 0 Å². The summed E-state index contributed by atoms with van der Waals surface area (Å²) in [5.41, 5.74) is -0.0631. The largest absolute Gasteiger partial charge is 0.478 e. The van der Waals surface area contributed by atoms with Crippen molar-refractivity contribution in [2.75, 3.05) is 18.1 Å². The van der Waals surface area contributed by atoms with Crippen molar-refractivity contribution >= 4 is 11.8 Å². The fourth-order valence-corrected chi connectivity index (χ4v) is 3.56. The Balaban J connectivity index is 1.82. The van der Waals surface area contributed by atoms with Crippen molar-refractivity contribution in [3.63, 3.8) is 0 Å². The van der Waals surface area contributed by atoms with Crippen molar-refractivity contribution in [3.05, 3.63) is 59.3 Å². The van der Waals surface area contributed by atoms with E-state index in [1.165, 1.54) is 30.5 Å². The zero-order valence-corrected chi connectivity index (χ0v) is 15.6. The number of rotatable bonds is 6. The van der Waals surface area contributed by atoms with Crippen molar-refractivity contribution in [2.45, 2.75) is 37.6 Å². The molecule has 0 saturated carbocycles. The average molecular weight is 430 g/mol. The van der Waals surface area contributed by atoms with E-state index in [2.05, 4.69) is 9.72 Å². The number of aromatic nitrogens is 1. The van der Waals surface area contributed by atoms with Gasteiger partial charge >= 0.3 is 18.8 Å². The highest BCUT2D eigenvalue weighted by Crippen LogP contribution is 2.35. The van der Waals surface area contributed by atoms with E-state index in [1.54, 1.807) is 4.90 Å². The molecule has 1 aromatic heterocycles. The third kappa shape index (κ3) is 5.24. The Kier molecular flexibility index (Phi) is 6.55. The third-order valence-electron chi connectivity index (χ3n) is 5.12. The molecule has 1 fully saturated rings. The van der Waals surface area contributed by atoms with E-state index in [-0.39, 0.29) is 18.1 Å². The minimum atomic E-state index is -4.43. The van der Waals surface area contributed by atoms with Gasteiger partial charge in [-0.1, -0.05) is 12.1 Å². The minimum absolute atomic E-state index is 0.0181. The number of aromatic carboxylic acids is 1. The number of pyridine rings is 1. The predicted octanol–water partition coefficient (Wildman–Crippen LogP) is 4.79. The number of halogens is 5. The molecule has 0 amide bonds. The second kappa shape index (κ2) is 8.95. The standard InChI is InChI=1S/C20H19F5N2O3/c21-19(22)30-11-16-7-3-14(12-1-5-15(6-2-12)20(23,24)25)10-27(16)17-8-4-13(9-26-17)18(28)29/h1-2,4-6,8-9,14,16,19H,3,7,10-11H2,(H,28,29)/t14?,16-/m0/s1.